The molecule has 0 saturated carbocycles. The van der Waals surface area contributed by atoms with E-state index in [2.05, 4.69) is 9.78 Å². The second-order valence-corrected chi connectivity index (χ2v) is 6.67. The van der Waals surface area contributed by atoms with E-state index in [1.165, 1.54) is 30.3 Å². The summed E-state index contributed by atoms with van der Waals surface area (Å²) in [5.74, 6) is -0.851. The van der Waals surface area contributed by atoms with Crippen LogP contribution in [0.5, 0.6) is 11.5 Å². The van der Waals surface area contributed by atoms with Crippen molar-refractivity contribution in [1.29, 1.82) is 0 Å². The number of carbonyl (C=O) groups is 3. The van der Waals surface area contributed by atoms with Crippen LogP contribution in [-0.2, 0) is 19.3 Å². The zero-order chi connectivity index (χ0) is 22.8. The van der Waals surface area contributed by atoms with Gasteiger partial charge in [0.2, 0.25) is 6.79 Å². The van der Waals surface area contributed by atoms with Gasteiger partial charge in [-0.05, 0) is 48.4 Å². The molecule has 0 saturated heterocycles. The molecule has 2 aromatic carbocycles. The Labute approximate surface area is 184 Å². The molecule has 0 bridgehead atoms. The van der Waals surface area contributed by atoms with E-state index in [1.807, 2.05) is 19.1 Å². The van der Waals surface area contributed by atoms with Crippen LogP contribution in [0.2, 0.25) is 0 Å². The van der Waals surface area contributed by atoms with E-state index in [9.17, 15) is 14.4 Å². The van der Waals surface area contributed by atoms with Crippen LogP contribution < -0.4 is 9.47 Å². The minimum Gasteiger partial charge on any atom is -0.462 e. The molecule has 0 atom stereocenters. The third-order valence-electron chi connectivity index (χ3n) is 4.32. The molecule has 32 heavy (non-hydrogen) atoms. The summed E-state index contributed by atoms with van der Waals surface area (Å²) in [5, 5.41) is 0. The average molecular weight is 438 g/mol. The number of benzene rings is 2. The van der Waals surface area contributed by atoms with Crippen molar-refractivity contribution < 1.29 is 38.4 Å². The number of esters is 1. The number of rotatable bonds is 8. The average Bonchev–Trinajstić information content (AvgIpc) is 3.28. The summed E-state index contributed by atoms with van der Waals surface area (Å²) in [6, 6.07) is 11.1. The second-order valence-electron chi connectivity index (χ2n) is 6.67. The van der Waals surface area contributed by atoms with Gasteiger partial charge in [0.05, 0.1) is 17.7 Å². The Morgan fingerprint density at radius 2 is 1.62 bits per heavy atom. The molecular weight excluding hydrogens is 416 g/mol. The van der Waals surface area contributed by atoms with Crippen molar-refractivity contribution in [2.45, 2.75) is 19.8 Å². The predicted molar refractivity (Wildman–Crippen MR) is 114 cm³/mol. The molecule has 1 aliphatic heterocycles. The number of unbranched alkanes of at least 4 members (excludes halogenated alkanes) is 1. The molecule has 1 aliphatic rings. The Hall–Kier alpha value is -4.07. The van der Waals surface area contributed by atoms with Gasteiger partial charge in [0.25, 0.3) is 0 Å². The zero-order valence-electron chi connectivity index (χ0n) is 17.4. The van der Waals surface area contributed by atoms with Gasteiger partial charge in [-0.25, -0.2) is 24.2 Å². The van der Waals surface area contributed by atoms with Crippen molar-refractivity contribution in [3.63, 3.8) is 0 Å². The van der Waals surface area contributed by atoms with Crippen LogP contribution in [0.3, 0.4) is 0 Å². The van der Waals surface area contributed by atoms with Gasteiger partial charge in [0.1, 0.15) is 0 Å². The summed E-state index contributed by atoms with van der Waals surface area (Å²) < 4.78 is 15.6. The number of carbonyl (C=O) groups excluding carboxylic acids is 3. The monoisotopic (exact) mass is 438 g/mol. The van der Waals surface area contributed by atoms with E-state index in [0.717, 1.165) is 24.5 Å². The summed E-state index contributed by atoms with van der Waals surface area (Å²) >= 11 is 0. The third kappa shape index (κ3) is 6.46. The van der Waals surface area contributed by atoms with E-state index < -0.39 is 17.9 Å². The van der Waals surface area contributed by atoms with Crippen LogP contribution in [0.15, 0.2) is 60.7 Å². The molecule has 0 amide bonds. The van der Waals surface area contributed by atoms with Crippen molar-refractivity contribution >= 4 is 24.0 Å². The highest BCUT2D eigenvalue weighted by atomic mass is 17.2. The maximum atomic E-state index is 12.0. The molecule has 0 fully saturated rings. The Morgan fingerprint density at radius 1 is 0.906 bits per heavy atom. The molecule has 8 heteroatoms. The standard InChI is InChI=1S/C24H22O8/c1-2-3-14-28-23(26)18-9-11-19(12-10-18)24(27)32-31-22(25)7-5-4-6-17-8-13-20-21(15-17)30-16-29-20/h4-13,15H,2-3,14,16H2,1H3. The summed E-state index contributed by atoms with van der Waals surface area (Å²) in [6.45, 7) is 2.53. The van der Waals surface area contributed by atoms with E-state index >= 15 is 0 Å². The highest BCUT2D eigenvalue weighted by Crippen LogP contribution is 2.32. The van der Waals surface area contributed by atoms with Crippen LogP contribution in [0, 0.1) is 0 Å². The first kappa shape index (κ1) is 22.6. The molecule has 0 aliphatic carbocycles. The van der Waals surface area contributed by atoms with Gasteiger partial charge >= 0.3 is 17.9 Å². The normalized spacial score (nSPS) is 12.2. The fourth-order valence-electron chi connectivity index (χ4n) is 2.61. The quantitative estimate of drug-likeness (QED) is 0.151. The lowest BCUT2D eigenvalue weighted by atomic mass is 10.1. The van der Waals surface area contributed by atoms with E-state index in [4.69, 9.17) is 14.2 Å². The minimum atomic E-state index is -0.867. The Kier molecular flexibility index (Phi) is 8.02. The Morgan fingerprint density at radius 3 is 2.38 bits per heavy atom. The van der Waals surface area contributed by atoms with Crippen LogP contribution in [0.4, 0.5) is 0 Å². The van der Waals surface area contributed by atoms with Crippen molar-refractivity contribution in [2.24, 2.45) is 0 Å². The third-order valence-corrected chi connectivity index (χ3v) is 4.32. The second kappa shape index (κ2) is 11.4. The molecule has 0 spiro atoms. The highest BCUT2D eigenvalue weighted by molar-refractivity contribution is 5.93. The van der Waals surface area contributed by atoms with Crippen LogP contribution in [0.1, 0.15) is 46.0 Å². The molecule has 3 rings (SSSR count). The molecule has 2 aromatic rings. The summed E-state index contributed by atoms with van der Waals surface area (Å²) in [7, 11) is 0. The number of hydrogen-bond donors (Lipinski definition) is 0. The van der Waals surface area contributed by atoms with Crippen molar-refractivity contribution in [1.82, 2.24) is 0 Å². The van der Waals surface area contributed by atoms with Gasteiger partial charge in [-0.15, -0.1) is 0 Å². The van der Waals surface area contributed by atoms with Gasteiger partial charge in [-0.1, -0.05) is 37.6 Å². The van der Waals surface area contributed by atoms with E-state index in [1.54, 1.807) is 18.2 Å². The summed E-state index contributed by atoms with van der Waals surface area (Å²) in [5.41, 5.74) is 1.29. The SMILES string of the molecule is CCCCOC(=O)c1ccc(C(=O)OOC(=O)C=CC=Cc2ccc3c(c2)OCO3)cc1. The number of ether oxygens (including phenoxy) is 3. The lowest BCUT2D eigenvalue weighted by molar-refractivity contribution is -0.228. The molecule has 0 N–H and O–H groups in total. The lowest BCUT2D eigenvalue weighted by Gasteiger charge is -2.05. The minimum absolute atomic E-state index is 0.120. The molecule has 0 unspecified atom stereocenters. The number of fused-ring (bicyclic) bond motifs is 1. The Bertz CT molecular complexity index is 1020. The van der Waals surface area contributed by atoms with Gasteiger partial charge in [-0.2, -0.15) is 0 Å². The first-order valence-corrected chi connectivity index (χ1v) is 10.0. The van der Waals surface area contributed by atoms with Crippen LogP contribution in [-0.4, -0.2) is 31.3 Å². The van der Waals surface area contributed by atoms with Crippen LogP contribution >= 0.6 is 0 Å². The molecule has 0 aromatic heterocycles. The van der Waals surface area contributed by atoms with Crippen molar-refractivity contribution in [3.05, 3.63) is 77.4 Å². The fraction of sp³-hybridized carbons (Fsp3) is 0.208. The molecule has 166 valence electrons. The lowest BCUT2D eigenvalue weighted by Crippen LogP contribution is -2.11. The van der Waals surface area contributed by atoms with Crippen LogP contribution in [0.25, 0.3) is 6.08 Å². The molecule has 8 nitrogen and oxygen atoms in total. The van der Waals surface area contributed by atoms with Gasteiger partial charge < -0.3 is 14.2 Å². The smallest absolute Gasteiger partial charge is 0.386 e. The van der Waals surface area contributed by atoms with Gasteiger partial charge in [0, 0.05) is 6.08 Å². The first-order chi connectivity index (χ1) is 15.6. The van der Waals surface area contributed by atoms with E-state index in [-0.39, 0.29) is 12.4 Å². The summed E-state index contributed by atoms with van der Waals surface area (Å²) in [6.07, 6.45) is 7.63. The zero-order valence-corrected chi connectivity index (χ0v) is 17.4. The maximum absolute atomic E-state index is 12.0. The van der Waals surface area contributed by atoms with Gasteiger partial charge in [-0.3, -0.25) is 0 Å². The van der Waals surface area contributed by atoms with Crippen molar-refractivity contribution in [3.8, 4) is 11.5 Å². The predicted octanol–water partition coefficient (Wildman–Crippen LogP) is 4.26. The Balaban J connectivity index is 1.43. The summed E-state index contributed by atoms with van der Waals surface area (Å²) in [4.78, 5) is 44.5. The topological polar surface area (TPSA) is 97.4 Å². The highest BCUT2D eigenvalue weighted by Gasteiger charge is 2.14. The van der Waals surface area contributed by atoms with Crippen molar-refractivity contribution in [2.75, 3.05) is 13.4 Å². The van der Waals surface area contributed by atoms with Gasteiger partial charge in [0.15, 0.2) is 11.5 Å². The van der Waals surface area contributed by atoms with E-state index in [0.29, 0.717) is 23.7 Å². The molecule has 1 heterocycles. The number of allylic oxidation sites excluding steroid dienone is 2. The maximum Gasteiger partial charge on any atom is 0.386 e. The largest absolute Gasteiger partial charge is 0.462 e. The molecular formula is C24H22O8. The fourth-order valence-corrected chi connectivity index (χ4v) is 2.61. The molecule has 0 radical (unpaired) electrons. The number of hydrogen-bond acceptors (Lipinski definition) is 8. The first-order valence-electron chi connectivity index (χ1n) is 10.0.